The second-order valence-corrected chi connectivity index (χ2v) is 2.36. The van der Waals surface area contributed by atoms with E-state index in [1.807, 2.05) is 0 Å². The molecule has 0 bridgehead atoms. The highest BCUT2D eigenvalue weighted by atomic mass is 16.5. The van der Waals surface area contributed by atoms with E-state index in [0.717, 1.165) is 25.0 Å². The van der Waals surface area contributed by atoms with Gasteiger partial charge in [-0.2, -0.15) is 0 Å². The Labute approximate surface area is 60.1 Å². The first-order chi connectivity index (χ1) is 4.83. The van der Waals surface area contributed by atoms with Crippen molar-refractivity contribution in [3.05, 3.63) is 12.3 Å². The zero-order chi connectivity index (χ0) is 7.40. The Kier molecular flexibility index (Phi) is 2.31. The summed E-state index contributed by atoms with van der Waals surface area (Å²) >= 11 is 0. The standard InChI is InChI=1S/C7H11NO2/c1-6-3-2-4-7(8-6)10-5-9/h5,7-8H,1-4H2/t7-/m1/s1. The van der Waals surface area contributed by atoms with Crippen molar-refractivity contribution in [1.29, 1.82) is 0 Å². The summed E-state index contributed by atoms with van der Waals surface area (Å²) in [5, 5.41) is 2.97. The third-order valence-electron chi connectivity index (χ3n) is 1.53. The average molecular weight is 141 g/mol. The molecular weight excluding hydrogens is 130 g/mol. The van der Waals surface area contributed by atoms with E-state index in [2.05, 4.69) is 11.9 Å². The lowest BCUT2D eigenvalue weighted by Crippen LogP contribution is -2.33. The third kappa shape index (κ3) is 1.76. The van der Waals surface area contributed by atoms with E-state index in [0.29, 0.717) is 6.47 Å². The lowest BCUT2D eigenvalue weighted by Gasteiger charge is -2.24. The van der Waals surface area contributed by atoms with E-state index in [1.165, 1.54) is 0 Å². The van der Waals surface area contributed by atoms with Crippen molar-refractivity contribution in [2.75, 3.05) is 0 Å². The van der Waals surface area contributed by atoms with E-state index < -0.39 is 0 Å². The van der Waals surface area contributed by atoms with Crippen molar-refractivity contribution in [2.45, 2.75) is 25.5 Å². The molecule has 1 saturated heterocycles. The average Bonchev–Trinajstić information content (AvgIpc) is 1.88. The van der Waals surface area contributed by atoms with E-state index in [1.54, 1.807) is 0 Å². The molecule has 0 aliphatic carbocycles. The van der Waals surface area contributed by atoms with Crippen molar-refractivity contribution in [1.82, 2.24) is 5.32 Å². The van der Waals surface area contributed by atoms with Gasteiger partial charge in [-0.05, 0) is 12.8 Å². The summed E-state index contributed by atoms with van der Waals surface area (Å²) in [5.41, 5.74) is 0.957. The summed E-state index contributed by atoms with van der Waals surface area (Å²) in [6.45, 7) is 4.21. The van der Waals surface area contributed by atoms with Gasteiger partial charge in [0.2, 0.25) is 0 Å². The summed E-state index contributed by atoms with van der Waals surface area (Å²) in [7, 11) is 0. The predicted molar refractivity (Wildman–Crippen MR) is 37.1 cm³/mol. The Bertz CT molecular complexity index is 145. The third-order valence-corrected chi connectivity index (χ3v) is 1.53. The van der Waals surface area contributed by atoms with Gasteiger partial charge < -0.3 is 10.1 Å². The lowest BCUT2D eigenvalue weighted by atomic mass is 10.1. The summed E-state index contributed by atoms with van der Waals surface area (Å²) < 4.78 is 4.70. The number of ether oxygens (including phenoxy) is 1. The van der Waals surface area contributed by atoms with Crippen LogP contribution in [-0.2, 0) is 9.53 Å². The molecule has 3 heteroatoms. The van der Waals surface area contributed by atoms with Crippen LogP contribution in [0, 0.1) is 0 Å². The number of carbonyl (C=O) groups is 1. The second-order valence-electron chi connectivity index (χ2n) is 2.36. The summed E-state index contributed by atoms with van der Waals surface area (Å²) in [4.78, 5) is 9.89. The number of rotatable bonds is 2. The fourth-order valence-electron chi connectivity index (χ4n) is 1.04. The molecule has 1 atom stereocenters. The molecule has 0 amide bonds. The van der Waals surface area contributed by atoms with Gasteiger partial charge in [0, 0.05) is 12.1 Å². The second kappa shape index (κ2) is 3.25. The first-order valence-corrected chi connectivity index (χ1v) is 3.36. The predicted octanol–water partition coefficient (Wildman–Crippen LogP) is 0.773. The zero-order valence-corrected chi connectivity index (χ0v) is 5.80. The van der Waals surface area contributed by atoms with Crippen LogP contribution in [0.5, 0.6) is 0 Å². The highest BCUT2D eigenvalue weighted by molar-refractivity contribution is 5.37. The molecular formula is C7H11NO2. The lowest BCUT2D eigenvalue weighted by molar-refractivity contribution is -0.135. The Morgan fingerprint density at radius 2 is 2.60 bits per heavy atom. The van der Waals surface area contributed by atoms with E-state index in [9.17, 15) is 4.79 Å². The maximum absolute atomic E-state index is 9.89. The molecule has 1 rings (SSSR count). The first-order valence-electron chi connectivity index (χ1n) is 3.36. The van der Waals surface area contributed by atoms with Crippen LogP contribution < -0.4 is 5.32 Å². The first kappa shape index (κ1) is 7.12. The van der Waals surface area contributed by atoms with Crippen LogP contribution in [0.2, 0.25) is 0 Å². The Hall–Kier alpha value is -0.990. The van der Waals surface area contributed by atoms with Crippen molar-refractivity contribution in [2.24, 2.45) is 0 Å². The number of nitrogens with one attached hydrogen (secondary N) is 1. The van der Waals surface area contributed by atoms with Gasteiger partial charge in [0.1, 0.15) is 0 Å². The number of piperidine rings is 1. The van der Waals surface area contributed by atoms with Crippen molar-refractivity contribution in [3.63, 3.8) is 0 Å². The molecule has 1 heterocycles. The quantitative estimate of drug-likeness (QED) is 0.577. The molecule has 0 aromatic heterocycles. The van der Waals surface area contributed by atoms with Crippen LogP contribution in [0.15, 0.2) is 12.3 Å². The molecule has 0 aromatic rings. The van der Waals surface area contributed by atoms with E-state index in [-0.39, 0.29) is 6.23 Å². The van der Waals surface area contributed by atoms with Gasteiger partial charge in [-0.15, -0.1) is 0 Å². The van der Waals surface area contributed by atoms with Crippen LogP contribution in [0.4, 0.5) is 0 Å². The topological polar surface area (TPSA) is 38.3 Å². The van der Waals surface area contributed by atoms with E-state index >= 15 is 0 Å². The molecule has 0 aromatic carbocycles. The highest BCUT2D eigenvalue weighted by Gasteiger charge is 2.13. The zero-order valence-electron chi connectivity index (χ0n) is 5.80. The van der Waals surface area contributed by atoms with Crippen LogP contribution >= 0.6 is 0 Å². The fourth-order valence-corrected chi connectivity index (χ4v) is 1.04. The maximum atomic E-state index is 9.89. The van der Waals surface area contributed by atoms with Gasteiger partial charge in [-0.25, -0.2) is 0 Å². The number of allylic oxidation sites excluding steroid dienone is 1. The Morgan fingerprint density at radius 1 is 1.80 bits per heavy atom. The minimum Gasteiger partial charge on any atom is -0.444 e. The van der Waals surface area contributed by atoms with Crippen molar-refractivity contribution < 1.29 is 9.53 Å². The molecule has 0 radical (unpaired) electrons. The van der Waals surface area contributed by atoms with Crippen LogP contribution in [0.1, 0.15) is 19.3 Å². The highest BCUT2D eigenvalue weighted by Crippen LogP contribution is 2.13. The number of hydrogen-bond donors (Lipinski definition) is 1. The van der Waals surface area contributed by atoms with Gasteiger partial charge in [0.05, 0.1) is 0 Å². The SMILES string of the molecule is C=C1CCC[C@@H](OC=O)N1. The Balaban J connectivity index is 2.31. The maximum Gasteiger partial charge on any atom is 0.294 e. The minimum atomic E-state index is -0.140. The van der Waals surface area contributed by atoms with Gasteiger partial charge in [0.15, 0.2) is 6.23 Å². The van der Waals surface area contributed by atoms with Crippen LogP contribution in [-0.4, -0.2) is 12.7 Å². The van der Waals surface area contributed by atoms with Gasteiger partial charge in [-0.1, -0.05) is 6.58 Å². The molecule has 1 aliphatic heterocycles. The monoisotopic (exact) mass is 141 g/mol. The van der Waals surface area contributed by atoms with Gasteiger partial charge in [0.25, 0.3) is 6.47 Å². The molecule has 0 unspecified atom stereocenters. The fraction of sp³-hybridized carbons (Fsp3) is 0.571. The van der Waals surface area contributed by atoms with E-state index in [4.69, 9.17) is 4.74 Å². The van der Waals surface area contributed by atoms with Crippen LogP contribution in [0.3, 0.4) is 0 Å². The van der Waals surface area contributed by atoms with Gasteiger partial charge >= 0.3 is 0 Å². The van der Waals surface area contributed by atoms with Crippen molar-refractivity contribution in [3.8, 4) is 0 Å². The smallest absolute Gasteiger partial charge is 0.294 e. The van der Waals surface area contributed by atoms with Crippen molar-refractivity contribution >= 4 is 6.47 Å². The summed E-state index contributed by atoms with van der Waals surface area (Å²) in [6, 6.07) is 0. The number of hydrogen-bond acceptors (Lipinski definition) is 3. The molecule has 56 valence electrons. The molecule has 3 nitrogen and oxygen atoms in total. The summed E-state index contributed by atoms with van der Waals surface area (Å²) in [5.74, 6) is 0. The Morgan fingerprint density at radius 3 is 3.20 bits per heavy atom. The molecule has 10 heavy (non-hydrogen) atoms. The van der Waals surface area contributed by atoms with Crippen LogP contribution in [0.25, 0.3) is 0 Å². The normalized spacial score (nSPS) is 25.2. The van der Waals surface area contributed by atoms with Gasteiger partial charge in [-0.3, -0.25) is 4.79 Å². The minimum absolute atomic E-state index is 0.140. The molecule has 0 saturated carbocycles. The molecule has 1 fully saturated rings. The molecule has 1 N–H and O–H groups in total. The largest absolute Gasteiger partial charge is 0.444 e. The number of carbonyl (C=O) groups excluding carboxylic acids is 1. The molecule has 1 aliphatic rings. The molecule has 0 spiro atoms. The summed E-state index contributed by atoms with van der Waals surface area (Å²) in [6.07, 6.45) is 2.78.